The van der Waals surface area contributed by atoms with Gasteiger partial charge in [0.25, 0.3) is 0 Å². The molecule has 0 atom stereocenters. The summed E-state index contributed by atoms with van der Waals surface area (Å²) in [5.74, 6) is 0.578. The van der Waals surface area contributed by atoms with E-state index in [-0.39, 0.29) is 13.5 Å². The molecule has 1 aromatic heterocycles. The molecule has 2 aromatic rings. The SMILES string of the molecule is C.CCN(CC)C(=O)Oc1ccc2[nH]ccc2c1. The maximum Gasteiger partial charge on any atom is 0.415 e. The minimum absolute atomic E-state index is 0. The van der Waals surface area contributed by atoms with Gasteiger partial charge in [-0.25, -0.2) is 4.79 Å². The summed E-state index contributed by atoms with van der Waals surface area (Å²) < 4.78 is 5.31. The molecule has 0 aliphatic carbocycles. The van der Waals surface area contributed by atoms with Gasteiger partial charge in [-0.2, -0.15) is 0 Å². The summed E-state index contributed by atoms with van der Waals surface area (Å²) in [6.45, 7) is 5.17. The van der Waals surface area contributed by atoms with Crippen molar-refractivity contribution in [3.63, 3.8) is 0 Å². The van der Waals surface area contributed by atoms with Gasteiger partial charge in [0.1, 0.15) is 5.75 Å². The van der Waals surface area contributed by atoms with Gasteiger partial charge in [0, 0.05) is 30.2 Å². The average molecular weight is 248 g/mol. The number of nitrogens with zero attached hydrogens (tertiary/aromatic N) is 1. The van der Waals surface area contributed by atoms with E-state index in [1.54, 1.807) is 11.0 Å². The van der Waals surface area contributed by atoms with Crippen molar-refractivity contribution >= 4 is 17.0 Å². The minimum atomic E-state index is -0.301. The second-order valence-electron chi connectivity index (χ2n) is 3.77. The first kappa shape index (κ1) is 14.1. The first-order valence-corrected chi connectivity index (χ1v) is 5.78. The molecule has 0 radical (unpaired) electrons. The average Bonchev–Trinajstić information content (AvgIpc) is 2.77. The van der Waals surface area contributed by atoms with Gasteiger partial charge >= 0.3 is 6.09 Å². The third-order valence-corrected chi connectivity index (χ3v) is 2.75. The molecule has 0 spiro atoms. The van der Waals surface area contributed by atoms with Crippen LogP contribution in [0.3, 0.4) is 0 Å². The Labute approximate surface area is 108 Å². The molecule has 98 valence electrons. The Morgan fingerprint density at radius 3 is 2.67 bits per heavy atom. The van der Waals surface area contributed by atoms with Crippen LogP contribution >= 0.6 is 0 Å². The summed E-state index contributed by atoms with van der Waals surface area (Å²) in [5.41, 5.74) is 1.03. The number of ether oxygens (including phenoxy) is 1. The van der Waals surface area contributed by atoms with Crippen LogP contribution in [0.4, 0.5) is 4.79 Å². The number of carbonyl (C=O) groups excluding carboxylic acids is 1. The summed E-state index contributed by atoms with van der Waals surface area (Å²) in [7, 11) is 0. The van der Waals surface area contributed by atoms with Crippen molar-refractivity contribution < 1.29 is 9.53 Å². The van der Waals surface area contributed by atoms with Crippen LogP contribution in [0.25, 0.3) is 10.9 Å². The molecule has 1 aromatic carbocycles. The third kappa shape index (κ3) is 2.83. The first-order chi connectivity index (χ1) is 8.24. The lowest BCUT2D eigenvalue weighted by Crippen LogP contribution is -2.33. The molecule has 0 saturated heterocycles. The molecule has 0 saturated carbocycles. The Morgan fingerprint density at radius 2 is 2.00 bits per heavy atom. The van der Waals surface area contributed by atoms with Crippen molar-refractivity contribution in [2.45, 2.75) is 21.3 Å². The maximum atomic E-state index is 11.7. The number of rotatable bonds is 3. The predicted molar refractivity (Wildman–Crippen MR) is 74.0 cm³/mol. The Balaban J connectivity index is 0.00000162. The van der Waals surface area contributed by atoms with E-state index in [2.05, 4.69) is 4.98 Å². The van der Waals surface area contributed by atoms with Crippen LogP contribution in [0.15, 0.2) is 30.5 Å². The molecule has 1 heterocycles. The van der Waals surface area contributed by atoms with Gasteiger partial charge in [0.2, 0.25) is 0 Å². The summed E-state index contributed by atoms with van der Waals surface area (Å²) in [4.78, 5) is 16.5. The Kier molecular flexibility index (Phi) is 4.77. The smallest absolute Gasteiger partial charge is 0.410 e. The van der Waals surface area contributed by atoms with E-state index in [1.165, 1.54) is 0 Å². The molecule has 1 amide bonds. The van der Waals surface area contributed by atoms with Crippen LogP contribution in [0, 0.1) is 0 Å². The topological polar surface area (TPSA) is 45.3 Å². The fourth-order valence-electron chi connectivity index (χ4n) is 1.74. The second-order valence-corrected chi connectivity index (χ2v) is 3.77. The van der Waals surface area contributed by atoms with Crippen LogP contribution in [-0.2, 0) is 0 Å². The predicted octanol–water partition coefficient (Wildman–Crippen LogP) is 3.64. The first-order valence-electron chi connectivity index (χ1n) is 5.78. The molecule has 2 rings (SSSR count). The summed E-state index contributed by atoms with van der Waals surface area (Å²) in [6.07, 6.45) is 1.56. The van der Waals surface area contributed by atoms with Crippen LogP contribution in [0.1, 0.15) is 21.3 Å². The molecule has 0 aliphatic rings. The Bertz CT molecular complexity index is 515. The van der Waals surface area contributed by atoms with E-state index in [4.69, 9.17) is 4.74 Å². The molecule has 18 heavy (non-hydrogen) atoms. The highest BCUT2D eigenvalue weighted by Gasteiger charge is 2.11. The number of aromatic amines is 1. The van der Waals surface area contributed by atoms with Crippen molar-refractivity contribution in [2.24, 2.45) is 0 Å². The van der Waals surface area contributed by atoms with Gasteiger partial charge in [0.05, 0.1) is 0 Å². The normalized spacial score (nSPS) is 9.89. The van der Waals surface area contributed by atoms with Gasteiger partial charge in [-0.15, -0.1) is 0 Å². The molecule has 0 bridgehead atoms. The molecule has 0 fully saturated rings. The van der Waals surface area contributed by atoms with Gasteiger partial charge in [0.15, 0.2) is 0 Å². The maximum absolute atomic E-state index is 11.7. The number of H-pyrrole nitrogens is 1. The van der Waals surface area contributed by atoms with Gasteiger partial charge in [-0.05, 0) is 38.1 Å². The van der Waals surface area contributed by atoms with Crippen molar-refractivity contribution in [1.29, 1.82) is 0 Å². The lowest BCUT2D eigenvalue weighted by molar-refractivity contribution is 0.157. The molecule has 0 unspecified atom stereocenters. The lowest BCUT2D eigenvalue weighted by atomic mass is 10.2. The van der Waals surface area contributed by atoms with Crippen molar-refractivity contribution in [1.82, 2.24) is 9.88 Å². The molecule has 4 nitrogen and oxygen atoms in total. The number of amides is 1. The minimum Gasteiger partial charge on any atom is -0.410 e. The second kappa shape index (κ2) is 6.10. The third-order valence-electron chi connectivity index (χ3n) is 2.75. The number of benzene rings is 1. The zero-order valence-electron chi connectivity index (χ0n) is 10.1. The van der Waals surface area contributed by atoms with Crippen LogP contribution < -0.4 is 4.74 Å². The molecular formula is C14H20N2O2. The number of hydrogen-bond donors (Lipinski definition) is 1. The van der Waals surface area contributed by atoms with Gasteiger partial charge in [-0.1, -0.05) is 7.43 Å². The van der Waals surface area contributed by atoms with E-state index in [9.17, 15) is 4.79 Å². The fraction of sp³-hybridized carbons (Fsp3) is 0.357. The van der Waals surface area contributed by atoms with E-state index in [0.717, 1.165) is 10.9 Å². The largest absolute Gasteiger partial charge is 0.415 e. The van der Waals surface area contributed by atoms with Crippen LogP contribution in [0.2, 0.25) is 0 Å². The summed E-state index contributed by atoms with van der Waals surface area (Å²) >= 11 is 0. The number of nitrogens with one attached hydrogen (secondary N) is 1. The number of aromatic nitrogens is 1. The van der Waals surface area contributed by atoms with E-state index >= 15 is 0 Å². The summed E-state index contributed by atoms with van der Waals surface area (Å²) in [6, 6.07) is 7.50. The standard InChI is InChI=1S/C13H16N2O2.CH4/c1-3-15(4-2)13(16)17-11-5-6-12-10(9-11)7-8-14-12;/h5-9,14H,3-4H2,1-2H3;1H4. The van der Waals surface area contributed by atoms with Crippen LogP contribution in [0.5, 0.6) is 5.75 Å². The molecule has 4 heteroatoms. The highest BCUT2D eigenvalue weighted by molar-refractivity contribution is 5.82. The van der Waals surface area contributed by atoms with Crippen molar-refractivity contribution in [2.75, 3.05) is 13.1 Å². The molecule has 0 aliphatic heterocycles. The molecule has 1 N–H and O–H groups in total. The zero-order valence-corrected chi connectivity index (χ0v) is 10.1. The quantitative estimate of drug-likeness (QED) is 0.901. The summed E-state index contributed by atoms with van der Waals surface area (Å²) in [5, 5.41) is 1.04. The van der Waals surface area contributed by atoms with Crippen molar-refractivity contribution in [3.05, 3.63) is 30.5 Å². The van der Waals surface area contributed by atoms with E-state index in [1.807, 2.05) is 38.2 Å². The molecular weight excluding hydrogens is 228 g/mol. The van der Waals surface area contributed by atoms with E-state index in [0.29, 0.717) is 18.8 Å². The number of fused-ring (bicyclic) bond motifs is 1. The zero-order chi connectivity index (χ0) is 12.3. The van der Waals surface area contributed by atoms with E-state index < -0.39 is 0 Å². The van der Waals surface area contributed by atoms with Gasteiger partial charge in [-0.3, -0.25) is 0 Å². The highest BCUT2D eigenvalue weighted by Crippen LogP contribution is 2.20. The Hall–Kier alpha value is -1.97. The monoisotopic (exact) mass is 248 g/mol. The fourth-order valence-corrected chi connectivity index (χ4v) is 1.74. The lowest BCUT2D eigenvalue weighted by Gasteiger charge is -2.17. The highest BCUT2D eigenvalue weighted by atomic mass is 16.6. The van der Waals surface area contributed by atoms with Crippen molar-refractivity contribution in [3.8, 4) is 5.75 Å². The number of carbonyl (C=O) groups is 1. The number of hydrogen-bond acceptors (Lipinski definition) is 2. The van der Waals surface area contributed by atoms with Crippen LogP contribution in [-0.4, -0.2) is 29.1 Å². The Morgan fingerprint density at radius 1 is 1.28 bits per heavy atom. The van der Waals surface area contributed by atoms with Gasteiger partial charge < -0.3 is 14.6 Å².